The fraction of sp³-hybridized carbons (Fsp3) is 0.600. The molecule has 0 fully saturated rings. The van der Waals surface area contributed by atoms with Gasteiger partial charge >= 0.3 is 0 Å². The standard InChI is InChI=1S/C8H12.C2H9B3.Co/c1-2-4-6-8-7-5-3-1;1-2-4-5-3;/h1-2,7-8H,3-6H2;4-5H,2-3H2,1H3;. The van der Waals surface area contributed by atoms with Crippen molar-refractivity contribution in [3.63, 3.8) is 0 Å². The summed E-state index contributed by atoms with van der Waals surface area (Å²) >= 11 is 0. The molecule has 0 atom stereocenters. The van der Waals surface area contributed by atoms with Gasteiger partial charge in [0, 0.05) is 16.8 Å². The van der Waals surface area contributed by atoms with Crippen LogP contribution in [0.3, 0.4) is 0 Å². The molecule has 14 heavy (non-hydrogen) atoms. The van der Waals surface area contributed by atoms with Gasteiger partial charge in [0.15, 0.2) is 0 Å². The van der Waals surface area contributed by atoms with E-state index in [2.05, 4.69) is 39.0 Å². The Morgan fingerprint density at radius 1 is 1.00 bits per heavy atom. The monoisotopic (exact) mass is 233 g/mol. The summed E-state index contributed by atoms with van der Waals surface area (Å²) in [6, 6.07) is 0. The van der Waals surface area contributed by atoms with Gasteiger partial charge in [-0.15, -0.1) is 0 Å². The third kappa shape index (κ3) is 14.7. The van der Waals surface area contributed by atoms with Gasteiger partial charge in [-0.2, -0.15) is 0 Å². The summed E-state index contributed by atoms with van der Waals surface area (Å²) < 4.78 is 0. The first kappa shape index (κ1) is 16.6. The average molecular weight is 233 g/mol. The van der Waals surface area contributed by atoms with E-state index in [1.54, 1.807) is 0 Å². The van der Waals surface area contributed by atoms with E-state index in [1.165, 1.54) is 46.2 Å². The molecule has 0 saturated heterocycles. The van der Waals surface area contributed by atoms with E-state index in [0.29, 0.717) is 0 Å². The van der Waals surface area contributed by atoms with Crippen LogP contribution in [-0.4, -0.2) is 22.0 Å². The first-order valence-electron chi connectivity index (χ1n) is 5.71. The van der Waals surface area contributed by atoms with Gasteiger partial charge in [-0.1, -0.05) is 37.5 Å². The van der Waals surface area contributed by atoms with Gasteiger partial charge in [0.25, 0.3) is 0 Å². The minimum Gasteiger partial charge on any atom is -0.0882 e. The van der Waals surface area contributed by atoms with Crippen molar-refractivity contribution < 1.29 is 16.8 Å². The maximum absolute atomic E-state index is 2.27. The second-order valence-corrected chi connectivity index (χ2v) is 3.45. The first-order chi connectivity index (χ1) is 6.41. The van der Waals surface area contributed by atoms with E-state index < -0.39 is 0 Å². The molecule has 0 aromatic rings. The van der Waals surface area contributed by atoms with E-state index in [9.17, 15) is 0 Å². The van der Waals surface area contributed by atoms with E-state index in [-0.39, 0.29) is 16.8 Å². The third-order valence-electron chi connectivity index (χ3n) is 2.04. The van der Waals surface area contributed by atoms with Crippen LogP contribution in [0.15, 0.2) is 24.3 Å². The van der Waals surface area contributed by atoms with Gasteiger partial charge < -0.3 is 0 Å². The molecule has 0 aliphatic heterocycles. The Morgan fingerprint density at radius 2 is 1.36 bits per heavy atom. The number of rotatable bonds is 2. The molecule has 1 radical (unpaired) electrons. The molecule has 0 aromatic carbocycles. The van der Waals surface area contributed by atoms with Crippen LogP contribution in [-0.2, 0) is 16.8 Å². The van der Waals surface area contributed by atoms with Crippen LogP contribution >= 0.6 is 0 Å². The van der Waals surface area contributed by atoms with Gasteiger partial charge in [-0.05, 0) is 25.7 Å². The third-order valence-corrected chi connectivity index (χ3v) is 2.04. The van der Waals surface area contributed by atoms with E-state index in [4.69, 9.17) is 0 Å². The molecule has 0 aromatic heterocycles. The zero-order valence-electron chi connectivity index (χ0n) is 9.59. The zero-order valence-corrected chi connectivity index (χ0v) is 10.6. The summed E-state index contributed by atoms with van der Waals surface area (Å²) in [6.07, 6.45) is 15.3. The van der Waals surface area contributed by atoms with E-state index >= 15 is 0 Å². The van der Waals surface area contributed by atoms with Gasteiger partial charge in [-0.25, -0.2) is 0 Å². The summed E-state index contributed by atoms with van der Waals surface area (Å²) in [5.41, 5.74) is 0. The van der Waals surface area contributed by atoms with Crippen LogP contribution in [0.5, 0.6) is 0 Å². The largest absolute Gasteiger partial charge is 0.0882 e. The van der Waals surface area contributed by atoms with Gasteiger partial charge in [-0.3, -0.25) is 0 Å². The van der Waals surface area contributed by atoms with Crippen LogP contribution in [0.4, 0.5) is 0 Å². The van der Waals surface area contributed by atoms with Crippen molar-refractivity contribution in [3.8, 4) is 0 Å². The molecule has 0 amide bonds. The Kier molecular flexibility index (Phi) is 18.6. The summed E-state index contributed by atoms with van der Waals surface area (Å²) in [4.78, 5) is 0. The van der Waals surface area contributed by atoms with Gasteiger partial charge in [0.1, 0.15) is 0 Å². The molecule has 0 heterocycles. The molecule has 1 aliphatic rings. The SMILES string of the molecule is BBBCC.C1=CCCC=CCC1.[Co]. The van der Waals surface area contributed by atoms with E-state index in [1.807, 2.05) is 0 Å². The molecule has 79 valence electrons. The Morgan fingerprint density at radius 3 is 1.50 bits per heavy atom. The zero-order chi connectivity index (χ0) is 9.78. The number of hydrogen-bond donors (Lipinski definition) is 0. The summed E-state index contributed by atoms with van der Waals surface area (Å²) in [5.74, 6) is 0. The fourth-order valence-electron chi connectivity index (χ4n) is 1.21. The molecular formula is C10H21B3Co. The number of hydrogen-bond acceptors (Lipinski definition) is 0. The average Bonchev–Trinajstić information content (AvgIpc) is 2.05. The van der Waals surface area contributed by atoms with Crippen LogP contribution < -0.4 is 0 Å². The maximum atomic E-state index is 2.27. The molecule has 0 unspecified atom stereocenters. The predicted octanol–water partition coefficient (Wildman–Crippen LogP) is 1.43. The fourth-order valence-corrected chi connectivity index (χ4v) is 1.21. The normalized spacial score (nSPS) is 13.8. The molecule has 0 bridgehead atoms. The Labute approximate surface area is 102 Å². The van der Waals surface area contributed by atoms with Crippen molar-refractivity contribution in [2.24, 2.45) is 0 Å². The topological polar surface area (TPSA) is 0 Å². The van der Waals surface area contributed by atoms with Crippen molar-refractivity contribution in [3.05, 3.63) is 24.3 Å². The van der Waals surface area contributed by atoms with Crippen molar-refractivity contribution in [2.45, 2.75) is 38.9 Å². The molecule has 4 heteroatoms. The number of allylic oxidation sites excluding steroid dienone is 4. The quantitative estimate of drug-likeness (QED) is 0.499. The Balaban J connectivity index is 0. The van der Waals surface area contributed by atoms with Crippen molar-refractivity contribution >= 4 is 22.0 Å². The van der Waals surface area contributed by atoms with Gasteiger partial charge in [0.2, 0.25) is 0 Å². The summed E-state index contributed by atoms with van der Waals surface area (Å²) in [5, 5.41) is 0. The second-order valence-electron chi connectivity index (χ2n) is 3.45. The van der Waals surface area contributed by atoms with E-state index in [0.717, 1.165) is 0 Å². The van der Waals surface area contributed by atoms with Crippen LogP contribution in [0, 0.1) is 0 Å². The molecule has 0 N–H and O–H groups in total. The van der Waals surface area contributed by atoms with Crippen molar-refractivity contribution in [2.75, 3.05) is 0 Å². The predicted molar refractivity (Wildman–Crippen MR) is 70.1 cm³/mol. The first-order valence-corrected chi connectivity index (χ1v) is 5.71. The molecule has 0 spiro atoms. The van der Waals surface area contributed by atoms with Crippen molar-refractivity contribution in [1.82, 2.24) is 0 Å². The molecule has 1 rings (SSSR count). The van der Waals surface area contributed by atoms with Crippen molar-refractivity contribution in [1.29, 1.82) is 0 Å². The van der Waals surface area contributed by atoms with Crippen LogP contribution in [0.1, 0.15) is 32.6 Å². The summed E-state index contributed by atoms with van der Waals surface area (Å²) in [6.45, 7) is 2.21. The molecule has 1 aliphatic carbocycles. The minimum atomic E-state index is 0. The molecular weight excluding hydrogens is 211 g/mol. The molecule has 0 saturated carbocycles. The second kappa shape index (κ2) is 15.6. The minimum absolute atomic E-state index is 0. The van der Waals surface area contributed by atoms with Crippen LogP contribution in [0.25, 0.3) is 0 Å². The Bertz CT molecular complexity index is 118. The van der Waals surface area contributed by atoms with Gasteiger partial charge in [0.05, 0.1) is 22.0 Å². The smallest absolute Gasteiger partial charge is 0.0776 e. The summed E-state index contributed by atoms with van der Waals surface area (Å²) in [7, 11) is 4.94. The molecule has 0 nitrogen and oxygen atoms in total. The Hall–Kier alpha value is 0.181. The maximum Gasteiger partial charge on any atom is 0.0776 e. The van der Waals surface area contributed by atoms with Crippen LogP contribution in [0.2, 0.25) is 6.32 Å².